The minimum absolute atomic E-state index is 0.0102. The molecule has 0 radical (unpaired) electrons. The van der Waals surface area contributed by atoms with Crippen molar-refractivity contribution in [3.05, 3.63) is 23.5 Å². The normalized spacial score (nSPS) is 18.9. The molecule has 2 aromatic heterocycles. The molecular weight excluding hydrogens is 390 g/mol. The van der Waals surface area contributed by atoms with Gasteiger partial charge >= 0.3 is 5.97 Å². The highest BCUT2D eigenvalue weighted by Gasteiger charge is 2.35. The van der Waals surface area contributed by atoms with E-state index in [2.05, 4.69) is 4.98 Å². The highest BCUT2D eigenvalue weighted by Crippen LogP contribution is 2.19. The van der Waals surface area contributed by atoms with Crippen molar-refractivity contribution in [1.29, 1.82) is 0 Å². The molecule has 3 rings (SSSR count). The molecule has 1 atom stereocenters. The van der Waals surface area contributed by atoms with Crippen LogP contribution in [0.5, 0.6) is 0 Å². The maximum Gasteiger partial charge on any atom is 0.312 e. The molecular formula is C17H23N3O5S2. The van der Waals surface area contributed by atoms with Gasteiger partial charge in [-0.1, -0.05) is 13.8 Å². The number of sulfone groups is 1. The van der Waals surface area contributed by atoms with Crippen LogP contribution in [0.3, 0.4) is 0 Å². The molecule has 1 amide bonds. The van der Waals surface area contributed by atoms with Gasteiger partial charge in [0.1, 0.15) is 0 Å². The Balaban J connectivity index is 1.56. The number of carbonyl (C=O) groups is 2. The molecule has 1 saturated heterocycles. The lowest BCUT2D eigenvalue weighted by Gasteiger charge is -2.29. The number of aromatic nitrogens is 2. The van der Waals surface area contributed by atoms with Gasteiger partial charge in [0.2, 0.25) is 0 Å². The van der Waals surface area contributed by atoms with Crippen molar-refractivity contribution >= 4 is 38.0 Å². The molecule has 2 aromatic rings. The van der Waals surface area contributed by atoms with Crippen LogP contribution in [0.2, 0.25) is 0 Å². The van der Waals surface area contributed by atoms with Crippen LogP contribution in [0, 0.1) is 5.92 Å². The Morgan fingerprint density at radius 1 is 1.44 bits per heavy atom. The van der Waals surface area contributed by atoms with E-state index in [1.165, 1.54) is 11.3 Å². The van der Waals surface area contributed by atoms with E-state index in [-0.39, 0.29) is 42.4 Å². The molecule has 0 bridgehead atoms. The molecule has 0 saturated carbocycles. The summed E-state index contributed by atoms with van der Waals surface area (Å²) in [6, 6.07) is -0.344. The van der Waals surface area contributed by atoms with Crippen LogP contribution in [-0.4, -0.2) is 65.3 Å². The largest absolute Gasteiger partial charge is 0.455 e. The molecule has 0 aromatic carbocycles. The van der Waals surface area contributed by atoms with E-state index < -0.39 is 15.8 Å². The van der Waals surface area contributed by atoms with Gasteiger partial charge in [-0.3, -0.25) is 14.0 Å². The predicted molar refractivity (Wildman–Crippen MR) is 101 cm³/mol. The lowest BCUT2D eigenvalue weighted by molar-refractivity contribution is -0.152. The van der Waals surface area contributed by atoms with E-state index in [9.17, 15) is 18.0 Å². The number of ether oxygens (including phenoxy) is 1. The number of esters is 1. The summed E-state index contributed by atoms with van der Waals surface area (Å²) in [5, 5.41) is 1.90. The molecule has 0 spiro atoms. The molecule has 1 aliphatic heterocycles. The molecule has 1 fully saturated rings. The molecule has 8 nitrogen and oxygen atoms in total. The summed E-state index contributed by atoms with van der Waals surface area (Å²) in [6.07, 6.45) is 4.03. The number of nitrogens with zero attached hydrogens (tertiary/aromatic N) is 3. The molecule has 1 aliphatic rings. The Hall–Kier alpha value is -1.94. The fraction of sp³-hybridized carbons (Fsp3) is 0.588. The molecule has 3 heterocycles. The first-order valence-corrected chi connectivity index (χ1v) is 11.5. The van der Waals surface area contributed by atoms with Crippen molar-refractivity contribution in [2.75, 3.05) is 24.7 Å². The Morgan fingerprint density at radius 3 is 2.85 bits per heavy atom. The summed E-state index contributed by atoms with van der Waals surface area (Å²) in [5.74, 6) is -0.629. The summed E-state index contributed by atoms with van der Waals surface area (Å²) in [7, 11) is -3.10. The minimum atomic E-state index is -3.10. The van der Waals surface area contributed by atoms with E-state index in [0.717, 1.165) is 4.96 Å². The average molecular weight is 414 g/mol. The first-order chi connectivity index (χ1) is 12.7. The predicted octanol–water partition coefficient (Wildman–Crippen LogP) is 1.15. The van der Waals surface area contributed by atoms with E-state index >= 15 is 0 Å². The third-order valence-corrected chi connectivity index (χ3v) is 6.88. The first-order valence-electron chi connectivity index (χ1n) is 8.80. The van der Waals surface area contributed by atoms with Crippen molar-refractivity contribution < 1.29 is 22.7 Å². The summed E-state index contributed by atoms with van der Waals surface area (Å²) in [5.41, 5.74) is 0.584. The van der Waals surface area contributed by atoms with E-state index in [4.69, 9.17) is 4.74 Å². The monoisotopic (exact) mass is 413 g/mol. The van der Waals surface area contributed by atoms with Gasteiger partial charge in [-0.15, -0.1) is 11.3 Å². The lowest BCUT2D eigenvalue weighted by atomic mass is 10.1. The molecule has 0 N–H and O–H groups in total. The zero-order valence-corrected chi connectivity index (χ0v) is 17.0. The smallest absolute Gasteiger partial charge is 0.312 e. The molecule has 148 valence electrons. The summed E-state index contributed by atoms with van der Waals surface area (Å²) >= 11 is 1.47. The fourth-order valence-electron chi connectivity index (χ4n) is 3.15. The number of rotatable bonds is 7. The SMILES string of the molecule is CC(C)CN(C(=O)COC(=O)Cc1cn2ccsc2n1)[C@@H]1CCS(=O)(=O)C1. The minimum Gasteiger partial charge on any atom is -0.455 e. The van der Waals surface area contributed by atoms with Crippen LogP contribution in [0.1, 0.15) is 26.0 Å². The number of fused-ring (bicyclic) bond motifs is 1. The first kappa shape index (κ1) is 19.8. The second-order valence-corrected chi connectivity index (χ2v) is 10.3. The van der Waals surface area contributed by atoms with Crippen LogP contribution < -0.4 is 0 Å². The van der Waals surface area contributed by atoms with Crippen LogP contribution in [0.15, 0.2) is 17.8 Å². The second-order valence-electron chi connectivity index (χ2n) is 7.16. The average Bonchev–Trinajstić information content (AvgIpc) is 3.24. The summed E-state index contributed by atoms with van der Waals surface area (Å²) < 4.78 is 30.4. The molecule has 0 unspecified atom stereocenters. The van der Waals surface area contributed by atoms with Crippen LogP contribution >= 0.6 is 11.3 Å². The molecule has 10 heteroatoms. The standard InChI is InChI=1S/C17H23N3O5S2/c1-12(2)8-20(14-3-6-27(23,24)11-14)15(21)10-25-16(22)7-13-9-19-4-5-26-17(19)18-13/h4-5,9,12,14H,3,6-8,10-11H2,1-2H3/t14-/m1/s1. The van der Waals surface area contributed by atoms with Crippen LogP contribution in [-0.2, 0) is 30.6 Å². The quantitative estimate of drug-likeness (QED) is 0.632. The van der Waals surface area contributed by atoms with Crippen molar-refractivity contribution in [2.24, 2.45) is 5.92 Å². The van der Waals surface area contributed by atoms with Gasteiger partial charge in [0, 0.05) is 30.4 Å². The highest BCUT2D eigenvalue weighted by atomic mass is 32.2. The van der Waals surface area contributed by atoms with Crippen LogP contribution in [0.4, 0.5) is 0 Å². The van der Waals surface area contributed by atoms with Gasteiger partial charge in [0.05, 0.1) is 23.6 Å². The zero-order valence-electron chi connectivity index (χ0n) is 15.3. The maximum atomic E-state index is 12.6. The van der Waals surface area contributed by atoms with Gasteiger partial charge in [0.25, 0.3) is 5.91 Å². The highest BCUT2D eigenvalue weighted by molar-refractivity contribution is 7.91. The Morgan fingerprint density at radius 2 is 2.22 bits per heavy atom. The van der Waals surface area contributed by atoms with Crippen molar-refractivity contribution in [1.82, 2.24) is 14.3 Å². The number of imidazole rings is 1. The number of thiazole rings is 1. The lowest BCUT2D eigenvalue weighted by Crippen LogP contribution is -2.45. The van der Waals surface area contributed by atoms with Gasteiger partial charge in [-0.25, -0.2) is 13.4 Å². The van der Waals surface area contributed by atoms with Gasteiger partial charge in [0.15, 0.2) is 21.4 Å². The number of hydrogen-bond acceptors (Lipinski definition) is 7. The number of hydrogen-bond donors (Lipinski definition) is 0. The second kappa shape index (κ2) is 7.97. The Bertz CT molecular complexity index is 903. The van der Waals surface area contributed by atoms with Crippen molar-refractivity contribution in [2.45, 2.75) is 32.7 Å². The third-order valence-electron chi connectivity index (χ3n) is 4.36. The van der Waals surface area contributed by atoms with E-state index in [1.54, 1.807) is 11.1 Å². The summed E-state index contributed by atoms with van der Waals surface area (Å²) in [4.78, 5) is 31.3. The third kappa shape index (κ3) is 5.07. The van der Waals surface area contributed by atoms with Crippen LogP contribution in [0.25, 0.3) is 4.96 Å². The maximum absolute atomic E-state index is 12.6. The zero-order chi connectivity index (χ0) is 19.6. The summed E-state index contributed by atoms with van der Waals surface area (Å²) in [6.45, 7) is 3.97. The topological polar surface area (TPSA) is 98.0 Å². The van der Waals surface area contributed by atoms with E-state index in [0.29, 0.717) is 18.7 Å². The molecule has 27 heavy (non-hydrogen) atoms. The Kier molecular flexibility index (Phi) is 5.85. The van der Waals surface area contributed by atoms with Gasteiger partial charge in [-0.2, -0.15) is 0 Å². The number of amides is 1. The van der Waals surface area contributed by atoms with Crippen molar-refractivity contribution in [3.8, 4) is 0 Å². The van der Waals surface area contributed by atoms with Gasteiger partial charge in [-0.05, 0) is 12.3 Å². The Labute approximate surface area is 162 Å². The van der Waals surface area contributed by atoms with Gasteiger partial charge < -0.3 is 9.64 Å². The van der Waals surface area contributed by atoms with Crippen molar-refractivity contribution in [3.63, 3.8) is 0 Å². The fourth-order valence-corrected chi connectivity index (χ4v) is 5.60. The van der Waals surface area contributed by atoms with E-state index in [1.807, 2.05) is 29.8 Å². The number of carbonyl (C=O) groups excluding carboxylic acids is 2. The molecule has 0 aliphatic carbocycles.